The van der Waals surface area contributed by atoms with Gasteiger partial charge in [0.1, 0.15) is 5.78 Å². The SMILES string of the molecule is CCCCC(=O)[C@@H](CC1CC1)C(=O)NC1N=C(c2ccc(C(F)(F)F)cc2)c2ccccc2N(C)C1=O. The second-order valence-corrected chi connectivity index (χ2v) is 9.68. The number of aliphatic imine (C=N–C) groups is 1. The first-order valence-electron chi connectivity index (χ1n) is 12.6. The van der Waals surface area contributed by atoms with Crippen molar-refractivity contribution in [2.45, 2.75) is 57.8 Å². The third-order valence-electron chi connectivity index (χ3n) is 6.86. The van der Waals surface area contributed by atoms with Gasteiger partial charge in [-0.25, -0.2) is 4.99 Å². The molecule has 2 aromatic carbocycles. The number of Topliss-reactive ketones (excluding diaryl/α,β-unsaturated/α-hetero) is 1. The molecule has 1 heterocycles. The summed E-state index contributed by atoms with van der Waals surface area (Å²) < 4.78 is 39.4. The summed E-state index contributed by atoms with van der Waals surface area (Å²) in [7, 11) is 1.56. The van der Waals surface area contributed by atoms with Crippen LogP contribution in [0.5, 0.6) is 0 Å². The Hall–Kier alpha value is -3.49. The van der Waals surface area contributed by atoms with Gasteiger partial charge >= 0.3 is 6.18 Å². The Bertz CT molecular complexity index is 1200. The number of hydrogen-bond acceptors (Lipinski definition) is 4. The molecule has 1 aliphatic heterocycles. The first kappa shape index (κ1) is 26.6. The van der Waals surface area contributed by atoms with Crippen LogP contribution >= 0.6 is 0 Å². The van der Waals surface area contributed by atoms with Gasteiger partial charge in [-0.3, -0.25) is 14.4 Å². The van der Waals surface area contributed by atoms with Gasteiger partial charge in [-0.1, -0.05) is 56.5 Å². The highest BCUT2D eigenvalue weighted by Crippen LogP contribution is 2.36. The molecular weight excluding hydrogens is 483 g/mol. The van der Waals surface area contributed by atoms with Gasteiger partial charge in [0.25, 0.3) is 5.91 Å². The second-order valence-electron chi connectivity index (χ2n) is 9.68. The topological polar surface area (TPSA) is 78.8 Å². The zero-order chi connectivity index (χ0) is 26.7. The Morgan fingerprint density at radius 1 is 1.11 bits per heavy atom. The standard InChI is InChI=1S/C28H30F3N3O3/c1-3-4-9-23(35)21(16-17-10-11-17)26(36)33-25-27(37)34(2)22-8-6-5-7-20(22)24(32-25)18-12-14-19(15-13-18)28(29,30)31/h5-8,12-15,17,21,25H,3-4,9-11,16H2,1-2H3,(H,33,36)/t21-,25?/m1/s1. The number of benzodiazepines with no additional fused rings is 1. The second kappa shape index (κ2) is 10.9. The van der Waals surface area contributed by atoms with Crippen molar-refractivity contribution in [1.82, 2.24) is 5.32 Å². The van der Waals surface area contributed by atoms with Crippen LogP contribution in [-0.4, -0.2) is 36.5 Å². The third-order valence-corrected chi connectivity index (χ3v) is 6.86. The molecule has 1 saturated carbocycles. The minimum absolute atomic E-state index is 0.143. The highest BCUT2D eigenvalue weighted by Gasteiger charge is 2.37. The number of amides is 2. The lowest BCUT2D eigenvalue weighted by Crippen LogP contribution is -2.49. The lowest BCUT2D eigenvalue weighted by molar-refractivity contribution is -0.138. The molecule has 9 heteroatoms. The largest absolute Gasteiger partial charge is 0.416 e. The van der Waals surface area contributed by atoms with Crippen LogP contribution in [0.15, 0.2) is 53.5 Å². The van der Waals surface area contributed by atoms with Gasteiger partial charge in [0.2, 0.25) is 12.1 Å². The van der Waals surface area contributed by atoms with Crippen molar-refractivity contribution >= 4 is 29.0 Å². The van der Waals surface area contributed by atoms with Crippen molar-refractivity contribution in [3.63, 3.8) is 0 Å². The van der Waals surface area contributed by atoms with Crippen molar-refractivity contribution < 1.29 is 27.6 Å². The highest BCUT2D eigenvalue weighted by molar-refractivity contribution is 6.20. The summed E-state index contributed by atoms with van der Waals surface area (Å²) in [5.41, 5.74) is 0.907. The number of nitrogens with one attached hydrogen (secondary N) is 1. The van der Waals surface area contributed by atoms with Crippen LogP contribution in [-0.2, 0) is 20.6 Å². The fourth-order valence-corrected chi connectivity index (χ4v) is 4.50. The van der Waals surface area contributed by atoms with Crippen LogP contribution < -0.4 is 10.2 Å². The molecule has 2 atom stereocenters. The molecule has 37 heavy (non-hydrogen) atoms. The molecule has 0 spiro atoms. The number of nitrogens with zero attached hydrogens (tertiary/aromatic N) is 2. The molecule has 0 saturated heterocycles. The van der Waals surface area contributed by atoms with E-state index in [1.807, 2.05) is 6.92 Å². The zero-order valence-electron chi connectivity index (χ0n) is 20.8. The number of para-hydroxylation sites is 1. The Labute approximate surface area is 214 Å². The average Bonchev–Trinajstić information content (AvgIpc) is 3.71. The summed E-state index contributed by atoms with van der Waals surface area (Å²) in [4.78, 5) is 45.5. The van der Waals surface area contributed by atoms with E-state index in [-0.39, 0.29) is 11.5 Å². The van der Waals surface area contributed by atoms with E-state index in [0.29, 0.717) is 42.0 Å². The maximum atomic E-state index is 13.4. The molecule has 6 nitrogen and oxygen atoms in total. The van der Waals surface area contributed by atoms with Gasteiger partial charge in [-0.2, -0.15) is 13.2 Å². The molecular formula is C28H30F3N3O3. The molecule has 2 aromatic rings. The number of likely N-dealkylation sites (N-methyl/N-ethyl adjacent to an activating group) is 1. The molecule has 0 bridgehead atoms. The maximum absolute atomic E-state index is 13.4. The van der Waals surface area contributed by atoms with Crippen molar-refractivity contribution in [2.75, 3.05) is 11.9 Å². The maximum Gasteiger partial charge on any atom is 0.416 e. The minimum atomic E-state index is -4.49. The molecule has 1 N–H and O–H groups in total. The van der Waals surface area contributed by atoms with E-state index in [9.17, 15) is 27.6 Å². The fourth-order valence-electron chi connectivity index (χ4n) is 4.50. The number of carbonyl (C=O) groups is 3. The van der Waals surface area contributed by atoms with E-state index in [1.54, 1.807) is 31.3 Å². The number of rotatable bonds is 9. The van der Waals surface area contributed by atoms with E-state index in [0.717, 1.165) is 31.4 Å². The van der Waals surface area contributed by atoms with E-state index in [4.69, 9.17) is 0 Å². The summed E-state index contributed by atoms with van der Waals surface area (Å²) in [6, 6.07) is 11.4. The number of hydrogen-bond donors (Lipinski definition) is 1. The number of fused-ring (bicyclic) bond motifs is 1. The predicted octanol–water partition coefficient (Wildman–Crippen LogP) is 5.14. The van der Waals surface area contributed by atoms with Crippen LogP contribution in [0, 0.1) is 11.8 Å². The summed E-state index contributed by atoms with van der Waals surface area (Å²) in [5.74, 6) is -1.72. The summed E-state index contributed by atoms with van der Waals surface area (Å²) in [5, 5.41) is 2.68. The summed E-state index contributed by atoms with van der Waals surface area (Å²) in [6.45, 7) is 1.97. The number of halogens is 3. The van der Waals surface area contributed by atoms with Gasteiger partial charge in [0.05, 0.1) is 22.9 Å². The Morgan fingerprint density at radius 3 is 2.41 bits per heavy atom. The Morgan fingerprint density at radius 2 is 1.78 bits per heavy atom. The first-order chi connectivity index (χ1) is 17.6. The monoisotopic (exact) mass is 513 g/mol. The van der Waals surface area contributed by atoms with Crippen LogP contribution in [0.1, 0.15) is 62.1 Å². The van der Waals surface area contributed by atoms with Crippen LogP contribution in [0.2, 0.25) is 0 Å². The Kier molecular flexibility index (Phi) is 7.80. The van der Waals surface area contributed by atoms with Crippen molar-refractivity contribution in [3.05, 3.63) is 65.2 Å². The van der Waals surface area contributed by atoms with Crippen molar-refractivity contribution in [3.8, 4) is 0 Å². The summed E-state index contributed by atoms with van der Waals surface area (Å²) >= 11 is 0. The van der Waals surface area contributed by atoms with E-state index < -0.39 is 35.6 Å². The molecule has 196 valence electrons. The van der Waals surface area contributed by atoms with Crippen molar-refractivity contribution in [2.24, 2.45) is 16.8 Å². The van der Waals surface area contributed by atoms with Crippen LogP contribution in [0.4, 0.5) is 18.9 Å². The lowest BCUT2D eigenvalue weighted by atomic mass is 9.93. The number of alkyl halides is 3. The molecule has 1 aliphatic carbocycles. The van der Waals surface area contributed by atoms with Gasteiger partial charge in [0.15, 0.2) is 0 Å². The van der Waals surface area contributed by atoms with Crippen LogP contribution in [0.3, 0.4) is 0 Å². The average molecular weight is 514 g/mol. The number of ketones is 1. The minimum Gasteiger partial charge on any atom is -0.326 e. The number of anilines is 1. The zero-order valence-corrected chi connectivity index (χ0v) is 20.8. The summed E-state index contributed by atoms with van der Waals surface area (Å²) in [6.07, 6.45) is -1.62. The van der Waals surface area contributed by atoms with Gasteiger partial charge in [0, 0.05) is 24.6 Å². The first-order valence-corrected chi connectivity index (χ1v) is 12.6. The third kappa shape index (κ3) is 6.09. The molecule has 2 aliphatic rings. The van der Waals surface area contributed by atoms with Gasteiger partial charge in [-0.15, -0.1) is 0 Å². The molecule has 0 radical (unpaired) electrons. The van der Waals surface area contributed by atoms with E-state index in [2.05, 4.69) is 10.3 Å². The molecule has 4 rings (SSSR count). The van der Waals surface area contributed by atoms with Gasteiger partial charge in [-0.05, 0) is 37.0 Å². The number of carbonyl (C=O) groups excluding carboxylic acids is 3. The smallest absolute Gasteiger partial charge is 0.326 e. The van der Waals surface area contributed by atoms with E-state index in [1.165, 1.54) is 17.0 Å². The van der Waals surface area contributed by atoms with E-state index >= 15 is 0 Å². The molecule has 1 unspecified atom stereocenters. The molecule has 0 aromatic heterocycles. The normalized spacial score (nSPS) is 18.5. The number of unbranched alkanes of at least 4 members (excludes halogenated alkanes) is 1. The Balaban J connectivity index is 1.69. The van der Waals surface area contributed by atoms with Gasteiger partial charge < -0.3 is 10.2 Å². The quantitative estimate of drug-likeness (QED) is 0.472. The fraction of sp³-hybridized carbons (Fsp3) is 0.429. The van der Waals surface area contributed by atoms with Crippen molar-refractivity contribution in [1.29, 1.82) is 0 Å². The highest BCUT2D eigenvalue weighted by atomic mass is 19.4. The lowest BCUT2D eigenvalue weighted by Gasteiger charge is -2.22. The predicted molar refractivity (Wildman–Crippen MR) is 134 cm³/mol. The molecule has 1 fully saturated rings. The van der Waals surface area contributed by atoms with Crippen LogP contribution in [0.25, 0.3) is 0 Å². The molecule has 2 amide bonds. The number of benzene rings is 2.